The van der Waals surface area contributed by atoms with E-state index in [9.17, 15) is 18.8 Å². The quantitative estimate of drug-likeness (QED) is 0.295. The Bertz CT molecular complexity index is 1570. The number of urea groups is 1. The predicted octanol–water partition coefficient (Wildman–Crippen LogP) is 5.14. The van der Waals surface area contributed by atoms with Gasteiger partial charge in [0.1, 0.15) is 23.7 Å². The lowest BCUT2D eigenvalue weighted by Gasteiger charge is -2.26. The third kappa shape index (κ3) is 4.73. The highest BCUT2D eigenvalue weighted by atomic mass is 19.1. The average molecular weight is 498 g/mol. The zero-order valence-corrected chi connectivity index (χ0v) is 20.3. The molecular formula is C29H24FN3O4. The van der Waals surface area contributed by atoms with Crippen LogP contribution in [-0.2, 0) is 16.1 Å². The van der Waals surface area contributed by atoms with Crippen molar-refractivity contribution >= 4 is 40.5 Å². The van der Waals surface area contributed by atoms with Gasteiger partial charge >= 0.3 is 6.03 Å². The van der Waals surface area contributed by atoms with Crippen LogP contribution in [0.25, 0.3) is 17.0 Å². The number of halogens is 1. The maximum absolute atomic E-state index is 13.4. The first kappa shape index (κ1) is 24.0. The number of rotatable bonds is 6. The number of ether oxygens (including phenoxy) is 1. The van der Waals surface area contributed by atoms with Crippen molar-refractivity contribution in [1.82, 2.24) is 9.88 Å². The van der Waals surface area contributed by atoms with Gasteiger partial charge in [-0.1, -0.05) is 24.3 Å². The number of imide groups is 2. The summed E-state index contributed by atoms with van der Waals surface area (Å²) < 4.78 is 21.3. The molecule has 0 unspecified atom stereocenters. The van der Waals surface area contributed by atoms with E-state index >= 15 is 0 Å². The standard InChI is InChI=1S/C29H24FN3O4/c1-18-7-12-23(15-19(18)2)37-14-13-32-17-20(24-5-3-4-6-26(24)32)16-25-27(34)31-29(36)33(28(25)35)22-10-8-21(30)9-11-22/h3-12,15-17H,13-14H2,1-2H3,(H,31,34,36)/b25-16-. The van der Waals surface area contributed by atoms with E-state index in [1.54, 1.807) is 0 Å². The van der Waals surface area contributed by atoms with E-state index in [4.69, 9.17) is 4.74 Å². The number of amides is 4. The van der Waals surface area contributed by atoms with E-state index in [0.29, 0.717) is 18.7 Å². The number of aromatic nitrogens is 1. The van der Waals surface area contributed by atoms with E-state index in [1.807, 2.05) is 67.1 Å². The fraction of sp³-hybridized carbons (Fsp3) is 0.138. The third-order valence-electron chi connectivity index (χ3n) is 6.39. The predicted molar refractivity (Wildman–Crippen MR) is 139 cm³/mol. The molecule has 0 radical (unpaired) electrons. The highest BCUT2D eigenvalue weighted by Gasteiger charge is 2.37. The molecule has 0 atom stereocenters. The molecule has 2 heterocycles. The second-order valence-corrected chi connectivity index (χ2v) is 8.82. The number of para-hydroxylation sites is 1. The summed E-state index contributed by atoms with van der Waals surface area (Å²) in [6.45, 7) is 5.04. The molecule has 0 spiro atoms. The Morgan fingerprint density at radius 1 is 0.946 bits per heavy atom. The van der Waals surface area contributed by atoms with Gasteiger partial charge in [-0.25, -0.2) is 14.1 Å². The second kappa shape index (κ2) is 9.73. The van der Waals surface area contributed by atoms with Crippen LogP contribution in [0.3, 0.4) is 0 Å². The van der Waals surface area contributed by atoms with Crippen molar-refractivity contribution in [3.8, 4) is 5.75 Å². The fourth-order valence-corrected chi connectivity index (χ4v) is 4.28. The van der Waals surface area contributed by atoms with Crippen molar-refractivity contribution in [1.29, 1.82) is 0 Å². The van der Waals surface area contributed by atoms with Crippen LogP contribution < -0.4 is 15.0 Å². The molecule has 186 valence electrons. The summed E-state index contributed by atoms with van der Waals surface area (Å²) in [5.41, 5.74) is 3.87. The number of carbonyl (C=O) groups is 3. The lowest BCUT2D eigenvalue weighted by molar-refractivity contribution is -0.122. The minimum atomic E-state index is -0.885. The molecule has 0 saturated carbocycles. The molecule has 1 aromatic heterocycles. The fourth-order valence-electron chi connectivity index (χ4n) is 4.28. The summed E-state index contributed by atoms with van der Waals surface area (Å²) in [5.74, 6) is -1.29. The van der Waals surface area contributed by atoms with Crippen LogP contribution in [-0.4, -0.2) is 29.0 Å². The Kier molecular flexibility index (Phi) is 6.31. The minimum Gasteiger partial charge on any atom is -0.492 e. The summed E-state index contributed by atoms with van der Waals surface area (Å²) in [4.78, 5) is 39.1. The Hall–Kier alpha value is -4.72. The first-order chi connectivity index (χ1) is 17.8. The van der Waals surface area contributed by atoms with Gasteiger partial charge in [0.05, 0.1) is 12.2 Å². The third-order valence-corrected chi connectivity index (χ3v) is 6.39. The number of anilines is 1. The molecule has 1 aliphatic rings. The van der Waals surface area contributed by atoms with Gasteiger partial charge in [-0.3, -0.25) is 14.9 Å². The molecular weight excluding hydrogens is 473 g/mol. The summed E-state index contributed by atoms with van der Waals surface area (Å²) in [7, 11) is 0. The van der Waals surface area contributed by atoms with Gasteiger partial charge in [0.15, 0.2) is 0 Å². The number of nitrogens with zero attached hydrogens (tertiary/aromatic N) is 2. The Morgan fingerprint density at radius 3 is 2.46 bits per heavy atom. The van der Waals surface area contributed by atoms with Crippen LogP contribution in [0.15, 0.2) is 78.5 Å². The van der Waals surface area contributed by atoms with Crippen molar-refractivity contribution in [2.45, 2.75) is 20.4 Å². The summed E-state index contributed by atoms with van der Waals surface area (Å²) >= 11 is 0. The molecule has 7 nitrogen and oxygen atoms in total. The zero-order valence-electron chi connectivity index (χ0n) is 20.3. The minimum absolute atomic E-state index is 0.160. The van der Waals surface area contributed by atoms with Crippen LogP contribution in [0.1, 0.15) is 16.7 Å². The molecule has 5 rings (SSSR count). The van der Waals surface area contributed by atoms with Crippen molar-refractivity contribution < 1.29 is 23.5 Å². The molecule has 3 aromatic carbocycles. The van der Waals surface area contributed by atoms with Crippen molar-refractivity contribution in [2.24, 2.45) is 0 Å². The van der Waals surface area contributed by atoms with Crippen molar-refractivity contribution in [3.63, 3.8) is 0 Å². The molecule has 4 aromatic rings. The Morgan fingerprint density at radius 2 is 1.70 bits per heavy atom. The second-order valence-electron chi connectivity index (χ2n) is 8.82. The number of hydrogen-bond acceptors (Lipinski definition) is 4. The van der Waals surface area contributed by atoms with Gasteiger partial charge < -0.3 is 9.30 Å². The molecule has 1 aliphatic heterocycles. The van der Waals surface area contributed by atoms with E-state index in [1.165, 1.54) is 23.8 Å². The number of hydrogen-bond donors (Lipinski definition) is 1. The zero-order chi connectivity index (χ0) is 26.1. The van der Waals surface area contributed by atoms with Crippen LogP contribution in [0, 0.1) is 19.7 Å². The van der Waals surface area contributed by atoms with Crippen LogP contribution >= 0.6 is 0 Å². The number of benzene rings is 3. The molecule has 0 bridgehead atoms. The largest absolute Gasteiger partial charge is 0.492 e. The topological polar surface area (TPSA) is 80.6 Å². The maximum Gasteiger partial charge on any atom is 0.335 e. The lowest BCUT2D eigenvalue weighted by Crippen LogP contribution is -2.54. The number of aryl methyl sites for hydroxylation is 2. The maximum atomic E-state index is 13.4. The first-order valence-electron chi connectivity index (χ1n) is 11.8. The van der Waals surface area contributed by atoms with Gasteiger partial charge in [0.2, 0.25) is 0 Å². The summed E-state index contributed by atoms with van der Waals surface area (Å²) in [5, 5.41) is 3.04. The van der Waals surface area contributed by atoms with E-state index in [2.05, 4.69) is 5.32 Å². The van der Waals surface area contributed by atoms with Crippen molar-refractivity contribution in [2.75, 3.05) is 11.5 Å². The normalized spacial score (nSPS) is 14.9. The Labute approximate surface area is 212 Å². The van der Waals surface area contributed by atoms with E-state index in [-0.39, 0.29) is 11.3 Å². The molecule has 1 saturated heterocycles. The smallest absolute Gasteiger partial charge is 0.335 e. The monoisotopic (exact) mass is 497 g/mol. The SMILES string of the molecule is Cc1ccc(OCCn2cc(/C=C3/C(=O)NC(=O)N(c4ccc(F)cc4)C3=O)c3ccccc32)cc1C. The van der Waals surface area contributed by atoms with E-state index < -0.39 is 23.7 Å². The summed E-state index contributed by atoms with van der Waals surface area (Å²) in [6.07, 6.45) is 3.32. The van der Waals surface area contributed by atoms with E-state index in [0.717, 1.165) is 39.2 Å². The number of barbiturate groups is 1. The number of carbonyl (C=O) groups excluding carboxylic acids is 3. The highest BCUT2D eigenvalue weighted by molar-refractivity contribution is 6.39. The molecule has 8 heteroatoms. The number of fused-ring (bicyclic) bond motifs is 1. The molecule has 37 heavy (non-hydrogen) atoms. The molecule has 0 aliphatic carbocycles. The van der Waals surface area contributed by atoms with Gasteiger partial charge in [-0.2, -0.15) is 0 Å². The van der Waals surface area contributed by atoms with Gasteiger partial charge in [-0.15, -0.1) is 0 Å². The van der Waals surface area contributed by atoms with Crippen LogP contribution in [0.4, 0.5) is 14.9 Å². The van der Waals surface area contributed by atoms with Crippen molar-refractivity contribution in [3.05, 3.63) is 101 Å². The molecule has 1 N–H and O–H groups in total. The summed E-state index contributed by atoms with van der Waals surface area (Å²) in [6, 6.07) is 17.6. The highest BCUT2D eigenvalue weighted by Crippen LogP contribution is 2.27. The Balaban J connectivity index is 1.44. The lowest BCUT2D eigenvalue weighted by atomic mass is 10.1. The van der Waals surface area contributed by atoms with Gasteiger partial charge in [0.25, 0.3) is 11.8 Å². The van der Waals surface area contributed by atoms with Crippen LogP contribution in [0.5, 0.6) is 5.75 Å². The van der Waals surface area contributed by atoms with Gasteiger partial charge in [-0.05, 0) is 73.5 Å². The number of nitrogens with one attached hydrogen (secondary N) is 1. The van der Waals surface area contributed by atoms with Gasteiger partial charge in [0, 0.05) is 22.7 Å². The molecule has 4 amide bonds. The molecule has 1 fully saturated rings. The first-order valence-corrected chi connectivity index (χ1v) is 11.8. The average Bonchev–Trinajstić information content (AvgIpc) is 3.22. The van der Waals surface area contributed by atoms with Crippen LogP contribution in [0.2, 0.25) is 0 Å².